The summed E-state index contributed by atoms with van der Waals surface area (Å²) in [5.41, 5.74) is 0.437. The summed E-state index contributed by atoms with van der Waals surface area (Å²) in [5, 5.41) is 3.87. The highest BCUT2D eigenvalue weighted by Crippen LogP contribution is 2.37. The molecule has 0 aromatic rings. The maximum Gasteiger partial charge on any atom is 0.00980 e. The van der Waals surface area contributed by atoms with Crippen LogP contribution in [0.3, 0.4) is 0 Å². The fourth-order valence-electron chi connectivity index (χ4n) is 3.51. The predicted octanol–water partition coefficient (Wildman–Crippen LogP) is 5.64. The Kier molecular flexibility index (Phi) is 7.58. The smallest absolute Gasteiger partial charge is 0.00980 e. The van der Waals surface area contributed by atoms with Crippen LogP contribution in [0.15, 0.2) is 0 Å². The van der Waals surface area contributed by atoms with E-state index >= 15 is 0 Å². The molecule has 0 aliphatic heterocycles. The van der Waals surface area contributed by atoms with Crippen LogP contribution in [0.25, 0.3) is 0 Å². The topological polar surface area (TPSA) is 12.0 Å². The highest BCUT2D eigenvalue weighted by atomic mass is 14.9. The zero-order valence-electron chi connectivity index (χ0n) is 15.0. The molecule has 0 amide bonds. The second-order valence-electron chi connectivity index (χ2n) is 8.25. The van der Waals surface area contributed by atoms with Crippen LogP contribution in [0.2, 0.25) is 0 Å². The number of hydrogen-bond acceptors (Lipinski definition) is 1. The van der Waals surface area contributed by atoms with Gasteiger partial charge in [-0.3, -0.25) is 0 Å². The van der Waals surface area contributed by atoms with E-state index < -0.39 is 0 Å². The molecule has 0 saturated heterocycles. The third-order valence-electron chi connectivity index (χ3n) is 5.78. The summed E-state index contributed by atoms with van der Waals surface area (Å²) in [4.78, 5) is 0. The molecular weight excluding hydrogens is 242 g/mol. The molecule has 0 spiro atoms. The van der Waals surface area contributed by atoms with E-state index in [2.05, 4.69) is 46.9 Å². The van der Waals surface area contributed by atoms with E-state index in [0.717, 1.165) is 23.8 Å². The zero-order chi connectivity index (χ0) is 15.2. The van der Waals surface area contributed by atoms with Gasteiger partial charge in [0.25, 0.3) is 0 Å². The molecule has 1 rings (SSSR count). The molecule has 2 atom stereocenters. The molecule has 1 fully saturated rings. The van der Waals surface area contributed by atoms with Gasteiger partial charge in [-0.05, 0) is 55.4 Å². The van der Waals surface area contributed by atoms with Crippen LogP contribution in [0.4, 0.5) is 0 Å². The summed E-state index contributed by atoms with van der Waals surface area (Å²) in [6.07, 6.45) is 9.84. The minimum absolute atomic E-state index is 0.437. The van der Waals surface area contributed by atoms with Gasteiger partial charge in [0.2, 0.25) is 0 Å². The first kappa shape index (κ1) is 18.0. The molecule has 0 bridgehead atoms. The van der Waals surface area contributed by atoms with Crippen LogP contribution in [-0.4, -0.2) is 12.6 Å². The van der Waals surface area contributed by atoms with Crippen LogP contribution in [-0.2, 0) is 0 Å². The van der Waals surface area contributed by atoms with E-state index in [0.29, 0.717) is 5.41 Å². The van der Waals surface area contributed by atoms with Crippen molar-refractivity contribution in [2.45, 2.75) is 92.5 Å². The van der Waals surface area contributed by atoms with Crippen LogP contribution >= 0.6 is 0 Å². The van der Waals surface area contributed by atoms with Gasteiger partial charge in [-0.2, -0.15) is 0 Å². The van der Waals surface area contributed by atoms with Crippen LogP contribution < -0.4 is 5.32 Å². The lowest BCUT2D eigenvalue weighted by molar-refractivity contribution is 0.161. The molecule has 0 aromatic carbocycles. The van der Waals surface area contributed by atoms with Gasteiger partial charge in [-0.1, -0.05) is 60.8 Å². The molecule has 1 N–H and O–H groups in total. The van der Waals surface area contributed by atoms with Crippen molar-refractivity contribution in [2.75, 3.05) is 6.54 Å². The van der Waals surface area contributed by atoms with Crippen molar-refractivity contribution in [3.8, 4) is 0 Å². The summed E-state index contributed by atoms with van der Waals surface area (Å²) in [5.74, 6) is 2.73. The van der Waals surface area contributed by atoms with Crippen molar-refractivity contribution in [3.63, 3.8) is 0 Å². The molecule has 0 heterocycles. The Hall–Kier alpha value is -0.0400. The lowest BCUT2D eigenvalue weighted by Gasteiger charge is -2.38. The summed E-state index contributed by atoms with van der Waals surface area (Å²) in [7, 11) is 0. The molecular formula is C19H39N. The molecule has 0 radical (unpaired) electrons. The SMILES string of the molecule is CCCNC(CC(C)C(C)(C)C)C1CCC(CC)CC1. The van der Waals surface area contributed by atoms with Crippen LogP contribution in [0.1, 0.15) is 86.5 Å². The Morgan fingerprint density at radius 2 is 1.65 bits per heavy atom. The fourth-order valence-corrected chi connectivity index (χ4v) is 3.51. The van der Waals surface area contributed by atoms with Gasteiger partial charge in [0.15, 0.2) is 0 Å². The van der Waals surface area contributed by atoms with Gasteiger partial charge >= 0.3 is 0 Å². The largest absolute Gasteiger partial charge is 0.314 e. The van der Waals surface area contributed by atoms with E-state index in [4.69, 9.17) is 0 Å². The zero-order valence-corrected chi connectivity index (χ0v) is 15.0. The maximum atomic E-state index is 3.87. The van der Waals surface area contributed by atoms with E-state index in [1.54, 1.807) is 0 Å². The van der Waals surface area contributed by atoms with Crippen molar-refractivity contribution in [2.24, 2.45) is 23.2 Å². The first-order chi connectivity index (χ1) is 9.38. The molecule has 1 saturated carbocycles. The minimum Gasteiger partial charge on any atom is -0.314 e. The molecule has 1 heteroatoms. The van der Waals surface area contributed by atoms with E-state index in [-0.39, 0.29) is 0 Å². The number of rotatable bonds is 7. The highest BCUT2D eigenvalue weighted by molar-refractivity contribution is 4.85. The summed E-state index contributed by atoms with van der Waals surface area (Å²) >= 11 is 0. The summed E-state index contributed by atoms with van der Waals surface area (Å²) in [6.45, 7) is 15.5. The van der Waals surface area contributed by atoms with Gasteiger partial charge in [0.1, 0.15) is 0 Å². The second-order valence-corrected chi connectivity index (χ2v) is 8.25. The average molecular weight is 282 g/mol. The summed E-state index contributed by atoms with van der Waals surface area (Å²) in [6, 6.07) is 0.752. The number of hydrogen-bond donors (Lipinski definition) is 1. The van der Waals surface area contributed by atoms with E-state index in [1.165, 1.54) is 51.5 Å². The first-order valence-electron chi connectivity index (χ1n) is 9.11. The Bertz CT molecular complexity index is 245. The molecule has 120 valence electrons. The van der Waals surface area contributed by atoms with Gasteiger partial charge in [-0.25, -0.2) is 0 Å². The lowest BCUT2D eigenvalue weighted by atomic mass is 9.72. The lowest BCUT2D eigenvalue weighted by Crippen LogP contribution is -2.41. The van der Waals surface area contributed by atoms with Crippen LogP contribution in [0, 0.1) is 23.2 Å². The van der Waals surface area contributed by atoms with Crippen LogP contribution in [0.5, 0.6) is 0 Å². The molecule has 1 aliphatic carbocycles. The maximum absolute atomic E-state index is 3.87. The molecule has 1 aliphatic rings. The molecule has 2 unspecified atom stereocenters. The Balaban J connectivity index is 2.55. The normalized spacial score (nSPS) is 27.3. The van der Waals surface area contributed by atoms with Crippen molar-refractivity contribution in [3.05, 3.63) is 0 Å². The van der Waals surface area contributed by atoms with Crippen molar-refractivity contribution >= 4 is 0 Å². The van der Waals surface area contributed by atoms with Gasteiger partial charge in [0.05, 0.1) is 0 Å². The van der Waals surface area contributed by atoms with Crippen molar-refractivity contribution in [1.82, 2.24) is 5.32 Å². The van der Waals surface area contributed by atoms with Crippen molar-refractivity contribution < 1.29 is 0 Å². The quantitative estimate of drug-likeness (QED) is 0.636. The van der Waals surface area contributed by atoms with Gasteiger partial charge < -0.3 is 5.32 Å². The average Bonchev–Trinajstić information content (AvgIpc) is 2.42. The van der Waals surface area contributed by atoms with Gasteiger partial charge in [0, 0.05) is 6.04 Å². The van der Waals surface area contributed by atoms with Gasteiger partial charge in [-0.15, -0.1) is 0 Å². The first-order valence-corrected chi connectivity index (χ1v) is 9.11. The highest BCUT2D eigenvalue weighted by Gasteiger charge is 2.30. The monoisotopic (exact) mass is 281 g/mol. The minimum atomic E-state index is 0.437. The molecule has 1 nitrogen and oxygen atoms in total. The third kappa shape index (κ3) is 5.76. The van der Waals surface area contributed by atoms with E-state index in [9.17, 15) is 0 Å². The van der Waals surface area contributed by atoms with Crippen molar-refractivity contribution in [1.29, 1.82) is 0 Å². The standard InChI is InChI=1S/C19H39N/c1-7-13-20-18(14-15(3)19(4,5)6)17-11-9-16(8-2)10-12-17/h15-18,20H,7-14H2,1-6H3. The Morgan fingerprint density at radius 1 is 1.05 bits per heavy atom. The van der Waals surface area contributed by atoms with E-state index in [1.807, 2.05) is 0 Å². The third-order valence-corrected chi connectivity index (χ3v) is 5.78. The second kappa shape index (κ2) is 8.41. The molecule has 20 heavy (non-hydrogen) atoms. The predicted molar refractivity (Wildman–Crippen MR) is 91.1 cm³/mol. The summed E-state index contributed by atoms with van der Waals surface area (Å²) < 4.78 is 0. The fraction of sp³-hybridized carbons (Fsp3) is 1.00. The number of nitrogens with one attached hydrogen (secondary N) is 1. The Labute approximate surface area is 128 Å². The Morgan fingerprint density at radius 3 is 2.10 bits per heavy atom. The molecule has 0 aromatic heterocycles.